The van der Waals surface area contributed by atoms with Gasteiger partial charge >= 0.3 is 0 Å². The highest BCUT2D eigenvalue weighted by Gasteiger charge is 2.24. The third kappa shape index (κ3) is 4.35. The number of hydrogen-bond donors (Lipinski definition) is 1. The first-order chi connectivity index (χ1) is 11.5. The van der Waals surface area contributed by atoms with E-state index in [4.69, 9.17) is 10.5 Å². The van der Waals surface area contributed by atoms with Crippen molar-refractivity contribution in [3.63, 3.8) is 0 Å². The minimum absolute atomic E-state index is 0.266. The second kappa shape index (κ2) is 8.28. The molecule has 0 fully saturated rings. The molecular formula is C18H24N2O3S. The average molecular weight is 348 g/mol. The number of nitrogens with zero attached hydrogens (tertiary/aromatic N) is 1. The standard InChI is InChI=1S/C18H24N2O3S/c1-15-14-17(8-9-18(15)23-2)24(21,22)20(13-11-19)12-10-16-6-4-3-5-7-16/h3-9,14H,10-13,19H2,1-2H3. The summed E-state index contributed by atoms with van der Waals surface area (Å²) in [7, 11) is -2.02. The molecule has 2 rings (SSSR count). The molecule has 2 N–H and O–H groups in total. The molecule has 0 unspecified atom stereocenters. The Morgan fingerprint density at radius 2 is 1.79 bits per heavy atom. The second-order valence-corrected chi connectivity index (χ2v) is 7.50. The Hall–Kier alpha value is -1.89. The van der Waals surface area contributed by atoms with E-state index in [-0.39, 0.29) is 11.4 Å². The van der Waals surface area contributed by atoms with Crippen LogP contribution in [-0.2, 0) is 16.4 Å². The molecular weight excluding hydrogens is 324 g/mol. The van der Waals surface area contributed by atoms with Crippen LogP contribution in [0.4, 0.5) is 0 Å². The van der Waals surface area contributed by atoms with Crippen molar-refractivity contribution in [3.8, 4) is 5.75 Å². The highest BCUT2D eigenvalue weighted by atomic mass is 32.2. The van der Waals surface area contributed by atoms with E-state index in [1.54, 1.807) is 25.3 Å². The minimum atomic E-state index is -3.58. The molecule has 0 atom stereocenters. The lowest BCUT2D eigenvalue weighted by atomic mass is 10.1. The normalized spacial score (nSPS) is 11.7. The summed E-state index contributed by atoms with van der Waals surface area (Å²) in [6, 6.07) is 14.7. The average Bonchev–Trinajstić information content (AvgIpc) is 2.59. The fourth-order valence-corrected chi connectivity index (χ4v) is 4.10. The first-order valence-corrected chi connectivity index (χ1v) is 9.32. The van der Waals surface area contributed by atoms with Crippen molar-refractivity contribution in [1.29, 1.82) is 0 Å². The molecule has 0 aliphatic carbocycles. The van der Waals surface area contributed by atoms with Gasteiger partial charge in [0.2, 0.25) is 10.0 Å². The van der Waals surface area contributed by atoms with Gasteiger partial charge in [-0.3, -0.25) is 0 Å². The van der Waals surface area contributed by atoms with Gasteiger partial charge in [-0.15, -0.1) is 0 Å². The van der Waals surface area contributed by atoms with Crippen LogP contribution in [0, 0.1) is 6.92 Å². The van der Waals surface area contributed by atoms with Crippen molar-refractivity contribution >= 4 is 10.0 Å². The molecule has 5 nitrogen and oxygen atoms in total. The fraction of sp³-hybridized carbons (Fsp3) is 0.333. The van der Waals surface area contributed by atoms with Crippen LogP contribution >= 0.6 is 0 Å². The van der Waals surface area contributed by atoms with E-state index in [2.05, 4.69) is 0 Å². The van der Waals surface area contributed by atoms with E-state index < -0.39 is 10.0 Å². The third-order valence-corrected chi connectivity index (χ3v) is 5.77. The van der Waals surface area contributed by atoms with Gasteiger partial charge in [-0.05, 0) is 42.7 Å². The molecule has 0 bridgehead atoms. The van der Waals surface area contributed by atoms with Crippen LogP contribution in [0.15, 0.2) is 53.4 Å². The lowest BCUT2D eigenvalue weighted by Gasteiger charge is -2.22. The maximum absolute atomic E-state index is 12.9. The summed E-state index contributed by atoms with van der Waals surface area (Å²) in [5, 5.41) is 0. The number of hydrogen-bond acceptors (Lipinski definition) is 4. The van der Waals surface area contributed by atoms with Crippen LogP contribution in [-0.4, -0.2) is 39.5 Å². The van der Waals surface area contributed by atoms with E-state index in [1.165, 1.54) is 4.31 Å². The number of sulfonamides is 1. The molecule has 24 heavy (non-hydrogen) atoms. The molecule has 0 heterocycles. The molecule has 0 saturated carbocycles. The van der Waals surface area contributed by atoms with Gasteiger partial charge in [-0.2, -0.15) is 4.31 Å². The largest absolute Gasteiger partial charge is 0.496 e. The molecule has 0 amide bonds. The number of benzene rings is 2. The van der Waals surface area contributed by atoms with Crippen LogP contribution in [0.5, 0.6) is 5.75 Å². The summed E-state index contributed by atoms with van der Waals surface area (Å²) in [6.45, 7) is 2.80. The van der Waals surface area contributed by atoms with E-state index in [0.717, 1.165) is 11.1 Å². The van der Waals surface area contributed by atoms with E-state index in [0.29, 0.717) is 25.3 Å². The molecule has 2 aromatic carbocycles. The van der Waals surface area contributed by atoms with Crippen molar-refractivity contribution in [2.24, 2.45) is 5.73 Å². The topological polar surface area (TPSA) is 72.6 Å². The van der Waals surface area contributed by atoms with Crippen LogP contribution in [0.2, 0.25) is 0 Å². The smallest absolute Gasteiger partial charge is 0.243 e. The first kappa shape index (κ1) is 18.4. The molecule has 6 heteroatoms. The SMILES string of the molecule is COc1ccc(S(=O)(=O)N(CCN)CCc2ccccc2)cc1C. The summed E-state index contributed by atoms with van der Waals surface area (Å²) in [6.07, 6.45) is 0.648. The van der Waals surface area contributed by atoms with Gasteiger partial charge < -0.3 is 10.5 Å². The Kier molecular flexibility index (Phi) is 6.36. The molecule has 0 aliphatic rings. The number of methoxy groups -OCH3 is 1. The van der Waals surface area contributed by atoms with Gasteiger partial charge in [0.25, 0.3) is 0 Å². The monoisotopic (exact) mass is 348 g/mol. The summed E-state index contributed by atoms with van der Waals surface area (Å²) >= 11 is 0. The predicted octanol–water partition coefficient (Wildman–Crippen LogP) is 2.20. The number of ether oxygens (including phenoxy) is 1. The summed E-state index contributed by atoms with van der Waals surface area (Å²) in [4.78, 5) is 0.266. The summed E-state index contributed by atoms with van der Waals surface area (Å²) in [5.41, 5.74) is 7.51. The Morgan fingerprint density at radius 3 is 2.38 bits per heavy atom. The number of nitrogens with two attached hydrogens (primary N) is 1. The molecule has 0 aliphatic heterocycles. The predicted molar refractivity (Wildman–Crippen MR) is 95.7 cm³/mol. The Morgan fingerprint density at radius 1 is 1.08 bits per heavy atom. The lowest BCUT2D eigenvalue weighted by Crippen LogP contribution is -2.37. The van der Waals surface area contributed by atoms with Crippen molar-refractivity contribution in [2.45, 2.75) is 18.2 Å². The highest BCUT2D eigenvalue weighted by Crippen LogP contribution is 2.23. The van der Waals surface area contributed by atoms with Gasteiger partial charge in [0.15, 0.2) is 0 Å². The minimum Gasteiger partial charge on any atom is -0.496 e. The van der Waals surface area contributed by atoms with Gasteiger partial charge in [-0.1, -0.05) is 30.3 Å². The quantitative estimate of drug-likeness (QED) is 0.794. The highest BCUT2D eigenvalue weighted by molar-refractivity contribution is 7.89. The van der Waals surface area contributed by atoms with Gasteiger partial charge in [0.1, 0.15) is 5.75 Å². The molecule has 0 spiro atoms. The van der Waals surface area contributed by atoms with Crippen molar-refractivity contribution in [1.82, 2.24) is 4.31 Å². The second-order valence-electron chi connectivity index (χ2n) is 5.56. The van der Waals surface area contributed by atoms with Crippen molar-refractivity contribution < 1.29 is 13.2 Å². The van der Waals surface area contributed by atoms with E-state index in [1.807, 2.05) is 37.3 Å². The zero-order valence-electron chi connectivity index (χ0n) is 14.1. The summed E-state index contributed by atoms with van der Waals surface area (Å²) < 4.78 is 32.5. The first-order valence-electron chi connectivity index (χ1n) is 7.88. The summed E-state index contributed by atoms with van der Waals surface area (Å²) in [5.74, 6) is 0.670. The van der Waals surface area contributed by atoms with Crippen LogP contribution in [0.3, 0.4) is 0 Å². The maximum Gasteiger partial charge on any atom is 0.243 e. The number of aryl methyl sites for hydroxylation is 1. The Balaban J connectivity index is 2.23. The van der Waals surface area contributed by atoms with Gasteiger partial charge in [0.05, 0.1) is 12.0 Å². The van der Waals surface area contributed by atoms with E-state index in [9.17, 15) is 8.42 Å². The zero-order valence-corrected chi connectivity index (χ0v) is 14.9. The maximum atomic E-state index is 12.9. The molecule has 2 aromatic rings. The Labute approximate surface area is 144 Å². The number of rotatable bonds is 8. The van der Waals surface area contributed by atoms with Crippen LogP contribution < -0.4 is 10.5 Å². The molecule has 0 aromatic heterocycles. The molecule has 0 saturated heterocycles. The van der Waals surface area contributed by atoms with Crippen molar-refractivity contribution in [3.05, 3.63) is 59.7 Å². The Bertz CT molecular complexity index is 761. The zero-order chi connectivity index (χ0) is 17.6. The fourth-order valence-electron chi connectivity index (χ4n) is 2.56. The van der Waals surface area contributed by atoms with Crippen molar-refractivity contribution in [2.75, 3.05) is 26.7 Å². The molecule has 0 radical (unpaired) electrons. The molecule has 130 valence electrons. The third-order valence-electron chi connectivity index (χ3n) is 3.88. The van der Waals surface area contributed by atoms with Crippen LogP contribution in [0.1, 0.15) is 11.1 Å². The van der Waals surface area contributed by atoms with Gasteiger partial charge in [-0.25, -0.2) is 8.42 Å². The van der Waals surface area contributed by atoms with E-state index >= 15 is 0 Å². The lowest BCUT2D eigenvalue weighted by molar-refractivity contribution is 0.410. The van der Waals surface area contributed by atoms with Crippen LogP contribution in [0.25, 0.3) is 0 Å². The van der Waals surface area contributed by atoms with Gasteiger partial charge in [0, 0.05) is 19.6 Å².